The van der Waals surface area contributed by atoms with E-state index < -0.39 is 0 Å². The number of rotatable bonds is 0. The van der Waals surface area contributed by atoms with Gasteiger partial charge in [0.25, 0.3) is 0 Å². The molecule has 0 amide bonds. The molecule has 2 rings (SSSR count). The van der Waals surface area contributed by atoms with Gasteiger partial charge < -0.3 is 4.74 Å². The molecular formula is C8H9NO. The van der Waals surface area contributed by atoms with Crippen LogP contribution in [0.25, 0.3) is 0 Å². The summed E-state index contributed by atoms with van der Waals surface area (Å²) in [6.07, 6.45) is 2.92. The number of fused-ring (bicyclic) bond motifs is 1. The highest BCUT2D eigenvalue weighted by Gasteiger charge is 2.10. The van der Waals surface area contributed by atoms with Crippen LogP contribution >= 0.6 is 0 Å². The van der Waals surface area contributed by atoms with Crippen molar-refractivity contribution in [3.8, 4) is 5.75 Å². The number of nitrogens with zero attached hydrogens (tertiary/aromatic N) is 1. The molecule has 0 aliphatic carbocycles. The van der Waals surface area contributed by atoms with Crippen molar-refractivity contribution in [1.29, 1.82) is 0 Å². The number of hydrogen-bond donors (Lipinski definition) is 0. The van der Waals surface area contributed by atoms with Gasteiger partial charge in [0.2, 0.25) is 0 Å². The lowest BCUT2D eigenvalue weighted by atomic mass is 10.2. The van der Waals surface area contributed by atoms with Gasteiger partial charge in [-0.15, -0.1) is 0 Å². The third-order valence-electron chi connectivity index (χ3n) is 1.71. The lowest BCUT2D eigenvalue weighted by molar-refractivity contribution is 0.356. The van der Waals surface area contributed by atoms with E-state index in [1.54, 1.807) is 0 Å². The average Bonchev–Trinajstić information content (AvgIpc) is 2.33. The minimum Gasteiger partial charge on any atom is -0.493 e. The van der Waals surface area contributed by atoms with Gasteiger partial charge in [0.1, 0.15) is 5.75 Å². The van der Waals surface area contributed by atoms with Crippen molar-refractivity contribution >= 4 is 0 Å². The SMILES string of the molecule is Cc1cc2c(cn1)CCO2. The maximum absolute atomic E-state index is 5.34. The van der Waals surface area contributed by atoms with Crippen molar-refractivity contribution < 1.29 is 4.74 Å². The first-order valence-electron chi connectivity index (χ1n) is 3.44. The Hall–Kier alpha value is -1.05. The summed E-state index contributed by atoms with van der Waals surface area (Å²) in [6, 6.07) is 1.99. The first kappa shape index (κ1) is 5.71. The summed E-state index contributed by atoms with van der Waals surface area (Å²) in [5.41, 5.74) is 2.27. The maximum Gasteiger partial charge on any atom is 0.125 e. The Labute approximate surface area is 59.9 Å². The van der Waals surface area contributed by atoms with Gasteiger partial charge in [-0.25, -0.2) is 0 Å². The molecule has 1 aromatic rings. The monoisotopic (exact) mass is 135 g/mol. The Kier molecular flexibility index (Phi) is 1.13. The van der Waals surface area contributed by atoms with Crippen LogP contribution in [0.15, 0.2) is 12.3 Å². The van der Waals surface area contributed by atoms with Gasteiger partial charge in [-0.1, -0.05) is 0 Å². The Morgan fingerprint density at radius 2 is 2.50 bits per heavy atom. The summed E-state index contributed by atoms with van der Waals surface area (Å²) in [7, 11) is 0. The molecule has 2 nitrogen and oxygen atoms in total. The van der Waals surface area contributed by atoms with Crippen LogP contribution in [0.1, 0.15) is 11.3 Å². The summed E-state index contributed by atoms with van der Waals surface area (Å²) in [6.45, 7) is 2.79. The molecule has 0 fully saturated rings. The van der Waals surface area contributed by atoms with Crippen molar-refractivity contribution in [2.75, 3.05) is 6.61 Å². The first-order chi connectivity index (χ1) is 4.86. The fourth-order valence-corrected chi connectivity index (χ4v) is 1.16. The molecule has 0 spiro atoms. The summed E-state index contributed by atoms with van der Waals surface area (Å²) in [4.78, 5) is 4.17. The van der Waals surface area contributed by atoms with Crippen LogP contribution in [0.3, 0.4) is 0 Å². The summed E-state index contributed by atoms with van der Waals surface area (Å²) in [5, 5.41) is 0. The molecular weight excluding hydrogens is 126 g/mol. The largest absolute Gasteiger partial charge is 0.493 e. The molecule has 2 heteroatoms. The van der Waals surface area contributed by atoms with Crippen LogP contribution in [0.2, 0.25) is 0 Å². The van der Waals surface area contributed by atoms with Crippen LogP contribution in [0, 0.1) is 6.92 Å². The summed E-state index contributed by atoms with van der Waals surface area (Å²) >= 11 is 0. The Morgan fingerprint density at radius 3 is 3.40 bits per heavy atom. The standard InChI is InChI=1S/C8H9NO/c1-6-4-8-7(5-9-6)2-3-10-8/h4-5H,2-3H2,1H3. The maximum atomic E-state index is 5.34. The quantitative estimate of drug-likeness (QED) is 0.535. The third-order valence-corrected chi connectivity index (χ3v) is 1.71. The van der Waals surface area contributed by atoms with Crippen molar-refractivity contribution in [3.63, 3.8) is 0 Å². The smallest absolute Gasteiger partial charge is 0.125 e. The Morgan fingerprint density at radius 1 is 1.60 bits per heavy atom. The van der Waals surface area contributed by atoms with E-state index in [2.05, 4.69) is 4.98 Å². The van der Waals surface area contributed by atoms with Gasteiger partial charge in [0.15, 0.2) is 0 Å². The molecule has 52 valence electrons. The second kappa shape index (κ2) is 1.97. The second-order valence-corrected chi connectivity index (χ2v) is 2.53. The summed E-state index contributed by atoms with van der Waals surface area (Å²) < 4.78 is 5.34. The van der Waals surface area contributed by atoms with Crippen molar-refractivity contribution in [2.45, 2.75) is 13.3 Å². The van der Waals surface area contributed by atoms with Gasteiger partial charge in [-0.2, -0.15) is 0 Å². The fourth-order valence-electron chi connectivity index (χ4n) is 1.16. The van der Waals surface area contributed by atoms with E-state index >= 15 is 0 Å². The summed E-state index contributed by atoms with van der Waals surface area (Å²) in [5.74, 6) is 1.02. The normalized spacial score (nSPS) is 14.5. The lowest BCUT2D eigenvalue weighted by Gasteiger charge is -1.97. The molecule has 0 N–H and O–H groups in total. The topological polar surface area (TPSA) is 22.1 Å². The molecule has 0 atom stereocenters. The van der Waals surface area contributed by atoms with Crippen molar-refractivity contribution in [3.05, 3.63) is 23.5 Å². The first-order valence-corrected chi connectivity index (χ1v) is 3.44. The minimum atomic E-state index is 0.820. The number of ether oxygens (including phenoxy) is 1. The molecule has 1 aliphatic heterocycles. The van der Waals surface area contributed by atoms with Crippen LogP contribution in [0.4, 0.5) is 0 Å². The molecule has 0 radical (unpaired) electrons. The average molecular weight is 135 g/mol. The van der Waals surface area contributed by atoms with E-state index in [1.807, 2.05) is 19.2 Å². The van der Waals surface area contributed by atoms with Gasteiger partial charge in [-0.05, 0) is 6.92 Å². The van der Waals surface area contributed by atoms with Crippen molar-refractivity contribution in [1.82, 2.24) is 4.98 Å². The molecule has 10 heavy (non-hydrogen) atoms. The molecule has 0 unspecified atom stereocenters. The molecule has 1 aromatic heterocycles. The molecule has 1 aliphatic rings. The van der Waals surface area contributed by atoms with E-state index in [-0.39, 0.29) is 0 Å². The highest BCUT2D eigenvalue weighted by Crippen LogP contribution is 2.23. The van der Waals surface area contributed by atoms with Crippen LogP contribution in [0.5, 0.6) is 5.75 Å². The van der Waals surface area contributed by atoms with E-state index in [4.69, 9.17) is 4.74 Å². The van der Waals surface area contributed by atoms with Gasteiger partial charge in [-0.3, -0.25) is 4.98 Å². The highest BCUT2D eigenvalue weighted by molar-refractivity contribution is 5.35. The number of aryl methyl sites for hydroxylation is 1. The fraction of sp³-hybridized carbons (Fsp3) is 0.375. The minimum absolute atomic E-state index is 0.820. The predicted octanol–water partition coefficient (Wildman–Crippen LogP) is 1.32. The van der Waals surface area contributed by atoms with Crippen LogP contribution in [-0.2, 0) is 6.42 Å². The zero-order valence-corrected chi connectivity index (χ0v) is 5.92. The van der Waals surface area contributed by atoms with E-state index in [1.165, 1.54) is 5.56 Å². The molecule has 0 saturated carbocycles. The second-order valence-electron chi connectivity index (χ2n) is 2.53. The third kappa shape index (κ3) is 0.764. The van der Waals surface area contributed by atoms with Crippen molar-refractivity contribution in [2.24, 2.45) is 0 Å². The lowest BCUT2D eigenvalue weighted by Crippen LogP contribution is -1.86. The molecule has 2 heterocycles. The van der Waals surface area contributed by atoms with Gasteiger partial charge >= 0.3 is 0 Å². The van der Waals surface area contributed by atoms with Gasteiger partial charge in [0, 0.05) is 29.9 Å². The van der Waals surface area contributed by atoms with E-state index in [9.17, 15) is 0 Å². The van der Waals surface area contributed by atoms with Gasteiger partial charge in [0.05, 0.1) is 6.61 Å². The van der Waals surface area contributed by atoms with E-state index in [0.29, 0.717) is 0 Å². The molecule has 0 aromatic carbocycles. The molecule has 0 saturated heterocycles. The number of hydrogen-bond acceptors (Lipinski definition) is 2. The van der Waals surface area contributed by atoms with E-state index in [0.717, 1.165) is 24.5 Å². The number of aromatic nitrogens is 1. The highest BCUT2D eigenvalue weighted by atomic mass is 16.5. The Balaban J connectivity index is 2.52. The predicted molar refractivity (Wildman–Crippen MR) is 38.2 cm³/mol. The molecule has 0 bridgehead atoms. The van der Waals surface area contributed by atoms with Crippen LogP contribution < -0.4 is 4.74 Å². The zero-order valence-electron chi connectivity index (χ0n) is 5.92. The Bertz CT molecular complexity index is 257. The zero-order chi connectivity index (χ0) is 6.97. The van der Waals surface area contributed by atoms with Crippen LogP contribution in [-0.4, -0.2) is 11.6 Å². The number of pyridine rings is 1.